The maximum Gasteiger partial charge on any atom is 0.416 e. The van der Waals surface area contributed by atoms with Crippen molar-refractivity contribution in [2.45, 2.75) is 82.4 Å². The highest BCUT2D eigenvalue weighted by Crippen LogP contribution is 2.41. The molecule has 2 aromatic carbocycles. The summed E-state index contributed by atoms with van der Waals surface area (Å²) in [5.74, 6) is 0. The topological polar surface area (TPSA) is 89.8 Å². The molecule has 39 heavy (non-hydrogen) atoms. The maximum absolute atomic E-state index is 13.5. The Hall–Kier alpha value is -2.50. The average molecular weight is 561 g/mol. The van der Waals surface area contributed by atoms with Gasteiger partial charge < -0.3 is 24.1 Å². The second-order valence-corrected chi connectivity index (χ2v) is 11.6. The van der Waals surface area contributed by atoms with Gasteiger partial charge in [0, 0.05) is 0 Å². The molecule has 4 rings (SSSR count). The van der Waals surface area contributed by atoms with E-state index >= 15 is 0 Å². The van der Waals surface area contributed by atoms with Crippen molar-refractivity contribution in [2.75, 3.05) is 13.2 Å². The molecular weight excluding hydrogens is 523 g/mol. The second kappa shape index (κ2) is 13.2. The van der Waals surface area contributed by atoms with Crippen LogP contribution >= 0.6 is 11.8 Å². The summed E-state index contributed by atoms with van der Waals surface area (Å²) in [6.45, 7) is 6.51. The molecule has 0 saturated carbocycles. The Morgan fingerprint density at radius 2 is 1.62 bits per heavy atom. The molecule has 6 atom stereocenters. The van der Waals surface area contributed by atoms with E-state index < -0.39 is 54.3 Å². The Morgan fingerprint density at radius 3 is 2.13 bits per heavy atom. The Bertz CT molecular complexity index is 1100. The van der Waals surface area contributed by atoms with Gasteiger partial charge in [-0.3, -0.25) is 9.89 Å². The average Bonchev–Trinajstić information content (AvgIpc) is 3.32. The molecule has 8 nitrogen and oxygen atoms in total. The van der Waals surface area contributed by atoms with Gasteiger partial charge in [-0.25, -0.2) is 9.18 Å². The molecule has 1 N–H and O–H groups in total. The van der Waals surface area contributed by atoms with Crippen LogP contribution in [0, 0.1) is 0 Å². The van der Waals surface area contributed by atoms with E-state index in [1.807, 2.05) is 60.7 Å². The van der Waals surface area contributed by atoms with Gasteiger partial charge in [-0.1, -0.05) is 72.4 Å². The van der Waals surface area contributed by atoms with E-state index in [9.17, 15) is 14.3 Å². The zero-order valence-corrected chi connectivity index (χ0v) is 23.6. The lowest BCUT2D eigenvalue weighted by molar-refractivity contribution is -0.218. The Morgan fingerprint density at radius 1 is 1.05 bits per heavy atom. The predicted octanol–water partition coefficient (Wildman–Crippen LogP) is 4.94. The smallest absolute Gasteiger partial charge is 0.416 e. The third kappa shape index (κ3) is 7.79. The first-order valence-corrected chi connectivity index (χ1v) is 14.0. The molecule has 10 heteroatoms. The molecule has 1 amide bonds. The van der Waals surface area contributed by atoms with E-state index in [0.717, 1.165) is 11.1 Å². The monoisotopic (exact) mass is 560 g/mol. The van der Waals surface area contributed by atoms with Crippen molar-refractivity contribution in [3.05, 3.63) is 71.8 Å². The number of aliphatic imine (C=N–C) groups is 1. The van der Waals surface area contributed by atoms with Crippen LogP contribution in [0.1, 0.15) is 38.8 Å². The molecule has 0 spiro atoms. The number of carbonyl (C=O) groups excluding carboxylic acids is 1. The fraction of sp³-hybridized carbons (Fsp3) is 0.517. The standard InChI is InChI=1S/C29H37FN2O6S/c1-19(33)23-25(36-18-21-13-9-6-10-14-21)24(35-17-20-11-7-5-8-12-20)22-26(37-23)39-27(31-22)32(16-15-30)28(34)38-29(2,3)4/h5-14,19,22-26,33H,15-18H2,1-4H3/t19-,22-,23-,24-,25-,26-/m1/s1. The predicted molar refractivity (Wildman–Crippen MR) is 148 cm³/mol. The summed E-state index contributed by atoms with van der Waals surface area (Å²) in [6, 6.07) is 18.9. The van der Waals surface area contributed by atoms with Gasteiger partial charge in [0.05, 0.1) is 25.9 Å². The van der Waals surface area contributed by atoms with Crippen LogP contribution in [0.4, 0.5) is 9.18 Å². The first-order valence-electron chi connectivity index (χ1n) is 13.1. The van der Waals surface area contributed by atoms with Crippen molar-refractivity contribution in [1.29, 1.82) is 0 Å². The summed E-state index contributed by atoms with van der Waals surface area (Å²) in [5.41, 5.74) is 0.614. The Labute approximate surface area is 233 Å². The summed E-state index contributed by atoms with van der Waals surface area (Å²) < 4.78 is 38.1. The molecular formula is C29H37FN2O6S. The Kier molecular flexibility index (Phi) is 10.0. The lowest BCUT2D eigenvalue weighted by atomic mass is 9.94. The molecule has 1 fully saturated rings. The third-order valence-corrected chi connectivity index (χ3v) is 7.39. The third-order valence-electron chi connectivity index (χ3n) is 6.23. The fourth-order valence-electron chi connectivity index (χ4n) is 4.45. The molecule has 2 aromatic rings. The zero-order chi connectivity index (χ0) is 28.0. The van der Waals surface area contributed by atoms with E-state index in [0.29, 0.717) is 11.8 Å². The van der Waals surface area contributed by atoms with Gasteiger partial charge in [0.1, 0.15) is 42.1 Å². The van der Waals surface area contributed by atoms with Gasteiger partial charge in [-0.05, 0) is 38.8 Å². The molecule has 1 saturated heterocycles. The van der Waals surface area contributed by atoms with E-state index in [2.05, 4.69) is 0 Å². The zero-order valence-electron chi connectivity index (χ0n) is 22.7. The number of amidine groups is 1. The minimum absolute atomic E-state index is 0.205. The molecule has 0 unspecified atom stereocenters. The summed E-state index contributed by atoms with van der Waals surface area (Å²) in [7, 11) is 0. The number of thioether (sulfide) groups is 1. The Balaban J connectivity index is 1.63. The number of aliphatic hydroxyl groups excluding tert-OH is 1. The highest BCUT2D eigenvalue weighted by Gasteiger charge is 2.53. The van der Waals surface area contributed by atoms with E-state index in [4.69, 9.17) is 23.9 Å². The van der Waals surface area contributed by atoms with Crippen molar-refractivity contribution < 1.29 is 33.2 Å². The number of rotatable bonds is 9. The van der Waals surface area contributed by atoms with Gasteiger partial charge >= 0.3 is 6.09 Å². The maximum atomic E-state index is 13.5. The number of aliphatic hydroxyl groups is 1. The highest BCUT2D eigenvalue weighted by atomic mass is 32.2. The number of hydrogen-bond acceptors (Lipinski definition) is 8. The summed E-state index contributed by atoms with van der Waals surface area (Å²) in [4.78, 5) is 18.9. The van der Waals surface area contributed by atoms with E-state index in [1.54, 1.807) is 27.7 Å². The number of benzene rings is 2. The van der Waals surface area contributed by atoms with Crippen LogP contribution in [-0.2, 0) is 32.2 Å². The van der Waals surface area contributed by atoms with Crippen LogP contribution in [-0.4, -0.2) is 76.0 Å². The number of amides is 1. The molecule has 0 aromatic heterocycles. The summed E-state index contributed by atoms with van der Waals surface area (Å²) >= 11 is 1.20. The highest BCUT2D eigenvalue weighted by molar-refractivity contribution is 8.14. The SMILES string of the molecule is C[C@@H](O)[C@H]1O[C@@H]2SC(N(CCF)C(=O)OC(C)(C)C)=N[C@@H]2[C@@H](OCc2ccccc2)[C@@H]1OCc1ccccc1. The first-order chi connectivity index (χ1) is 18.7. The number of carbonyl (C=O) groups is 1. The molecule has 212 valence electrons. The summed E-state index contributed by atoms with van der Waals surface area (Å²) in [5, 5.41) is 11.0. The van der Waals surface area contributed by atoms with Gasteiger partial charge in [-0.2, -0.15) is 0 Å². The minimum Gasteiger partial charge on any atom is -0.443 e. The van der Waals surface area contributed by atoms with Crippen LogP contribution < -0.4 is 0 Å². The molecule has 2 aliphatic heterocycles. The van der Waals surface area contributed by atoms with E-state index in [-0.39, 0.29) is 13.2 Å². The normalized spacial score (nSPS) is 25.5. The van der Waals surface area contributed by atoms with Gasteiger partial charge in [0.2, 0.25) is 0 Å². The minimum atomic E-state index is -0.869. The summed E-state index contributed by atoms with van der Waals surface area (Å²) in [6.07, 6.45) is -3.53. The quantitative estimate of drug-likeness (QED) is 0.465. The second-order valence-electron chi connectivity index (χ2n) is 10.6. The van der Waals surface area contributed by atoms with Gasteiger partial charge in [0.15, 0.2) is 5.17 Å². The molecule has 2 heterocycles. The van der Waals surface area contributed by atoms with Gasteiger partial charge in [0.25, 0.3) is 0 Å². The van der Waals surface area contributed by atoms with Crippen LogP contribution in [0.2, 0.25) is 0 Å². The number of hydrogen-bond donors (Lipinski definition) is 1. The number of alkyl halides is 1. The van der Waals surface area contributed by atoms with Crippen molar-refractivity contribution in [3.63, 3.8) is 0 Å². The van der Waals surface area contributed by atoms with Crippen LogP contribution in [0.15, 0.2) is 65.7 Å². The van der Waals surface area contributed by atoms with Crippen molar-refractivity contribution in [1.82, 2.24) is 4.90 Å². The lowest BCUT2D eigenvalue weighted by Gasteiger charge is -2.43. The van der Waals surface area contributed by atoms with Gasteiger partial charge in [-0.15, -0.1) is 0 Å². The fourth-order valence-corrected chi connectivity index (χ4v) is 5.67. The van der Waals surface area contributed by atoms with E-state index in [1.165, 1.54) is 16.7 Å². The van der Waals surface area contributed by atoms with Crippen molar-refractivity contribution in [3.8, 4) is 0 Å². The largest absolute Gasteiger partial charge is 0.443 e. The number of ether oxygens (including phenoxy) is 4. The number of fused-ring (bicyclic) bond motifs is 1. The first kappa shape index (κ1) is 29.5. The molecule has 0 aliphatic carbocycles. The molecule has 2 aliphatic rings. The number of halogens is 1. The number of nitrogens with zero attached hydrogens (tertiary/aromatic N) is 2. The van der Waals surface area contributed by atoms with Crippen molar-refractivity contribution in [2.24, 2.45) is 4.99 Å². The molecule has 0 radical (unpaired) electrons. The van der Waals surface area contributed by atoms with Crippen LogP contribution in [0.25, 0.3) is 0 Å². The molecule has 0 bridgehead atoms. The van der Waals surface area contributed by atoms with Crippen LogP contribution in [0.3, 0.4) is 0 Å². The lowest BCUT2D eigenvalue weighted by Crippen LogP contribution is -2.59. The van der Waals surface area contributed by atoms with Crippen molar-refractivity contribution >= 4 is 23.0 Å². The van der Waals surface area contributed by atoms with Crippen LogP contribution in [0.5, 0.6) is 0 Å².